The number of benzene rings is 2. The lowest BCUT2D eigenvalue weighted by Crippen LogP contribution is -2.03. The Kier molecular flexibility index (Phi) is 4.56. The van der Waals surface area contributed by atoms with Crippen LogP contribution in [0, 0.1) is 0 Å². The lowest BCUT2D eigenvalue weighted by Gasteiger charge is -2.07. The molecule has 2 aromatic carbocycles. The van der Waals surface area contributed by atoms with Crippen molar-refractivity contribution in [2.45, 2.75) is 12.8 Å². The summed E-state index contributed by atoms with van der Waals surface area (Å²) in [6.07, 6.45) is 6.40. The van der Waals surface area contributed by atoms with Crippen molar-refractivity contribution in [2.75, 3.05) is 0 Å². The molecule has 0 aliphatic rings. The van der Waals surface area contributed by atoms with Crippen LogP contribution >= 0.6 is 0 Å². The Morgan fingerprint density at radius 1 is 0.923 bits per heavy atom. The summed E-state index contributed by atoms with van der Waals surface area (Å²) in [5.41, 5.74) is 2.56. The van der Waals surface area contributed by atoms with Crippen molar-refractivity contribution >= 4 is 16.7 Å². The molecule has 0 radical (unpaired) electrons. The maximum atomic E-state index is 15.0. The quantitative estimate of drug-likeness (QED) is 0.488. The predicted molar refractivity (Wildman–Crippen MR) is 103 cm³/mol. The highest BCUT2D eigenvalue weighted by molar-refractivity contribution is 5.86. The summed E-state index contributed by atoms with van der Waals surface area (Å²) in [7, 11) is 0. The van der Waals surface area contributed by atoms with Gasteiger partial charge in [0.25, 0.3) is 0 Å². The van der Waals surface area contributed by atoms with E-state index >= 15 is 4.39 Å². The molecule has 0 bridgehead atoms. The van der Waals surface area contributed by atoms with Crippen LogP contribution in [0.3, 0.4) is 0 Å². The fraction of sp³-hybridized carbons (Fsp3) is 0.0909. The molecule has 0 unspecified atom stereocenters. The van der Waals surface area contributed by atoms with Crippen LogP contribution in [0.25, 0.3) is 22.7 Å². The monoisotopic (exact) mass is 343 g/mol. The number of rotatable bonds is 5. The van der Waals surface area contributed by atoms with Crippen LogP contribution in [0.2, 0.25) is 0 Å². The number of halogens is 1. The molecule has 4 heteroatoms. The van der Waals surface area contributed by atoms with Crippen LogP contribution in [0.5, 0.6) is 0 Å². The van der Waals surface area contributed by atoms with Gasteiger partial charge in [-0.3, -0.25) is 4.57 Å². The number of hydrogen-bond donors (Lipinski definition) is 0. The molecule has 26 heavy (non-hydrogen) atoms. The van der Waals surface area contributed by atoms with Gasteiger partial charge < -0.3 is 0 Å². The second kappa shape index (κ2) is 7.31. The maximum Gasteiger partial charge on any atom is 0.234 e. The molecule has 0 atom stereocenters. The molecule has 0 amide bonds. The normalized spacial score (nSPS) is 11.8. The first-order valence-electron chi connectivity index (χ1n) is 8.61. The van der Waals surface area contributed by atoms with Gasteiger partial charge in [-0.25, -0.2) is 14.4 Å². The Bertz CT molecular complexity index is 1040. The molecule has 0 saturated carbocycles. The van der Waals surface area contributed by atoms with Crippen LogP contribution in [-0.2, 0) is 6.42 Å². The van der Waals surface area contributed by atoms with Gasteiger partial charge in [-0.15, -0.1) is 0 Å². The van der Waals surface area contributed by atoms with Crippen molar-refractivity contribution in [3.8, 4) is 5.95 Å². The van der Waals surface area contributed by atoms with E-state index in [0.29, 0.717) is 18.1 Å². The van der Waals surface area contributed by atoms with E-state index in [4.69, 9.17) is 0 Å². The lowest BCUT2D eigenvalue weighted by molar-refractivity contribution is 0.736. The van der Waals surface area contributed by atoms with E-state index in [-0.39, 0.29) is 5.83 Å². The highest BCUT2D eigenvalue weighted by Crippen LogP contribution is 2.28. The van der Waals surface area contributed by atoms with Gasteiger partial charge in [0.1, 0.15) is 5.83 Å². The van der Waals surface area contributed by atoms with Gasteiger partial charge in [0, 0.05) is 17.8 Å². The van der Waals surface area contributed by atoms with Gasteiger partial charge in [-0.2, -0.15) is 0 Å². The third-order valence-electron chi connectivity index (χ3n) is 4.31. The van der Waals surface area contributed by atoms with Crippen LogP contribution in [0.1, 0.15) is 17.7 Å². The zero-order valence-electron chi connectivity index (χ0n) is 14.2. The first-order valence-corrected chi connectivity index (χ1v) is 8.61. The van der Waals surface area contributed by atoms with Crippen LogP contribution in [0.4, 0.5) is 4.39 Å². The summed E-state index contributed by atoms with van der Waals surface area (Å²) in [4.78, 5) is 8.60. The number of hydrogen-bond acceptors (Lipinski definition) is 2. The number of aryl methyl sites for hydroxylation is 1. The van der Waals surface area contributed by atoms with Crippen LogP contribution in [0.15, 0.2) is 85.2 Å². The Hall–Kier alpha value is -3.27. The maximum absolute atomic E-state index is 15.0. The van der Waals surface area contributed by atoms with Gasteiger partial charge in [0.05, 0.1) is 11.2 Å². The largest absolute Gasteiger partial charge is 0.276 e. The molecular formula is C22H18FN3. The molecule has 4 aromatic rings. The van der Waals surface area contributed by atoms with Gasteiger partial charge in [-0.1, -0.05) is 48.5 Å². The summed E-state index contributed by atoms with van der Waals surface area (Å²) in [6, 6.07) is 21.5. The second-order valence-electron chi connectivity index (χ2n) is 6.05. The lowest BCUT2D eigenvalue weighted by atomic mass is 10.1. The standard InChI is InChI=1S/C22H18FN3/c23-19(12-6-10-17-8-2-1-3-9-17)21-16-18-11-4-5-13-20(18)26(21)22-24-14-7-15-25-22/h1-5,7-9,11-16H,6,10H2/b19-12-. The van der Waals surface area contributed by atoms with Gasteiger partial charge in [-0.05, 0) is 42.7 Å². The summed E-state index contributed by atoms with van der Waals surface area (Å²) in [5.74, 6) is 0.208. The molecule has 128 valence electrons. The molecule has 0 saturated heterocycles. The fourth-order valence-corrected chi connectivity index (χ4v) is 3.07. The van der Waals surface area contributed by atoms with E-state index in [1.54, 1.807) is 29.1 Å². The topological polar surface area (TPSA) is 30.7 Å². The summed E-state index contributed by atoms with van der Waals surface area (Å²) < 4.78 is 16.8. The third kappa shape index (κ3) is 3.26. The smallest absolute Gasteiger partial charge is 0.234 e. The van der Waals surface area contributed by atoms with Crippen molar-refractivity contribution in [1.29, 1.82) is 0 Å². The summed E-state index contributed by atoms with van der Waals surface area (Å²) in [6.45, 7) is 0. The van der Waals surface area contributed by atoms with Crippen molar-refractivity contribution in [2.24, 2.45) is 0 Å². The zero-order valence-corrected chi connectivity index (χ0v) is 14.2. The minimum Gasteiger partial charge on any atom is -0.276 e. The first-order chi connectivity index (χ1) is 12.8. The Labute approximate surface area is 151 Å². The van der Waals surface area contributed by atoms with Gasteiger partial charge in [0.2, 0.25) is 5.95 Å². The second-order valence-corrected chi connectivity index (χ2v) is 6.05. The van der Waals surface area contributed by atoms with Gasteiger partial charge >= 0.3 is 0 Å². The Morgan fingerprint density at radius 3 is 2.46 bits per heavy atom. The molecule has 0 N–H and O–H groups in total. The molecule has 3 nitrogen and oxygen atoms in total. The van der Waals surface area contributed by atoms with Crippen molar-refractivity contribution in [3.05, 3.63) is 96.5 Å². The van der Waals surface area contributed by atoms with E-state index in [1.807, 2.05) is 48.5 Å². The minimum absolute atomic E-state index is 0.260. The molecule has 0 aliphatic heterocycles. The van der Waals surface area contributed by atoms with Crippen molar-refractivity contribution in [3.63, 3.8) is 0 Å². The highest BCUT2D eigenvalue weighted by Gasteiger charge is 2.15. The molecule has 4 rings (SSSR count). The average molecular weight is 343 g/mol. The first kappa shape index (κ1) is 16.2. The number of fused-ring (bicyclic) bond motifs is 1. The summed E-state index contributed by atoms with van der Waals surface area (Å²) in [5, 5.41) is 0.960. The fourth-order valence-electron chi connectivity index (χ4n) is 3.07. The molecule has 0 spiro atoms. The number of para-hydroxylation sites is 1. The Morgan fingerprint density at radius 2 is 1.65 bits per heavy atom. The van der Waals surface area contributed by atoms with Gasteiger partial charge in [0.15, 0.2) is 0 Å². The van der Waals surface area contributed by atoms with E-state index in [2.05, 4.69) is 22.1 Å². The summed E-state index contributed by atoms with van der Waals surface area (Å²) >= 11 is 0. The number of allylic oxidation sites excluding steroid dienone is 1. The minimum atomic E-state index is -0.260. The van der Waals surface area contributed by atoms with E-state index in [1.165, 1.54) is 5.56 Å². The van der Waals surface area contributed by atoms with E-state index in [9.17, 15) is 0 Å². The Balaban J connectivity index is 1.70. The third-order valence-corrected chi connectivity index (χ3v) is 4.31. The molecule has 0 aliphatic carbocycles. The van der Waals surface area contributed by atoms with Crippen LogP contribution < -0.4 is 0 Å². The SMILES string of the molecule is F/C(=C\CCc1ccccc1)c1cc2ccccc2n1-c1ncccn1. The average Bonchev–Trinajstić information content (AvgIpc) is 3.09. The molecule has 0 fully saturated rings. The molecule has 2 heterocycles. The van der Waals surface area contributed by atoms with E-state index < -0.39 is 0 Å². The molecular weight excluding hydrogens is 325 g/mol. The predicted octanol–water partition coefficient (Wildman–Crippen LogP) is 5.36. The van der Waals surface area contributed by atoms with Crippen LogP contribution in [-0.4, -0.2) is 14.5 Å². The number of nitrogens with zero attached hydrogens (tertiary/aromatic N) is 3. The van der Waals surface area contributed by atoms with Crippen molar-refractivity contribution in [1.82, 2.24) is 14.5 Å². The zero-order chi connectivity index (χ0) is 17.8. The number of aromatic nitrogens is 3. The molecule has 2 aromatic heterocycles. The van der Waals surface area contributed by atoms with E-state index in [0.717, 1.165) is 17.3 Å². The van der Waals surface area contributed by atoms with Crippen molar-refractivity contribution < 1.29 is 4.39 Å². The highest BCUT2D eigenvalue weighted by atomic mass is 19.1.